The lowest BCUT2D eigenvalue weighted by Crippen LogP contribution is -1.83. The summed E-state index contributed by atoms with van der Waals surface area (Å²) >= 11 is 0. The number of benzene rings is 2. The van der Waals surface area contributed by atoms with Gasteiger partial charge in [0.25, 0.3) is 0 Å². The molecule has 2 aromatic carbocycles. The fourth-order valence-corrected chi connectivity index (χ4v) is 2.49. The van der Waals surface area contributed by atoms with Gasteiger partial charge < -0.3 is 0 Å². The predicted octanol–water partition coefficient (Wildman–Crippen LogP) is 4.45. The minimum Gasteiger partial charge on any atom is -0.256 e. The average Bonchev–Trinajstić information content (AvgIpc) is 2.54. The van der Waals surface area contributed by atoms with Gasteiger partial charge in [0, 0.05) is 23.2 Å². The molecule has 0 amide bonds. The van der Waals surface area contributed by atoms with Crippen molar-refractivity contribution < 1.29 is 0 Å². The fourth-order valence-electron chi connectivity index (χ4n) is 2.49. The van der Waals surface area contributed by atoms with Gasteiger partial charge in [-0.3, -0.25) is 9.97 Å². The summed E-state index contributed by atoms with van der Waals surface area (Å²) < 4.78 is 0. The maximum absolute atomic E-state index is 4.41. The van der Waals surface area contributed by atoms with E-state index < -0.39 is 0 Å². The quantitative estimate of drug-likeness (QED) is 0.503. The Balaban J connectivity index is 1.91. The molecule has 0 radical (unpaired) electrons. The van der Waals surface area contributed by atoms with Gasteiger partial charge in [-0.25, -0.2) is 0 Å². The van der Waals surface area contributed by atoms with Crippen molar-refractivity contribution in [1.82, 2.24) is 9.97 Å². The van der Waals surface area contributed by atoms with Crippen LogP contribution in [0.4, 0.5) is 0 Å². The molecule has 2 aromatic heterocycles. The highest BCUT2D eigenvalue weighted by molar-refractivity contribution is 5.88. The Morgan fingerprint density at radius 3 is 1.55 bits per heavy atom. The van der Waals surface area contributed by atoms with Gasteiger partial charge in [0.15, 0.2) is 0 Å². The molecule has 0 saturated carbocycles. The van der Waals surface area contributed by atoms with Gasteiger partial charge in [-0.15, -0.1) is 0 Å². The average molecular weight is 256 g/mol. The molecule has 0 unspecified atom stereocenters. The third kappa shape index (κ3) is 1.82. The number of nitrogens with zero attached hydrogens (tertiary/aromatic N) is 2. The van der Waals surface area contributed by atoms with Gasteiger partial charge in [0.2, 0.25) is 0 Å². The van der Waals surface area contributed by atoms with E-state index in [4.69, 9.17) is 0 Å². The zero-order valence-corrected chi connectivity index (χ0v) is 10.8. The number of aromatic nitrogens is 2. The van der Waals surface area contributed by atoms with Crippen molar-refractivity contribution >= 4 is 21.8 Å². The first-order chi connectivity index (χ1) is 9.90. The van der Waals surface area contributed by atoms with E-state index in [1.54, 1.807) is 0 Å². The van der Waals surface area contributed by atoms with E-state index >= 15 is 0 Å². The van der Waals surface area contributed by atoms with Gasteiger partial charge in [-0.2, -0.15) is 0 Å². The lowest BCUT2D eigenvalue weighted by Gasteiger charge is -2.05. The lowest BCUT2D eigenvalue weighted by molar-refractivity contribution is 1.40. The van der Waals surface area contributed by atoms with Crippen molar-refractivity contribution in [2.75, 3.05) is 0 Å². The van der Waals surface area contributed by atoms with E-state index in [0.717, 1.165) is 21.8 Å². The van der Waals surface area contributed by atoms with Gasteiger partial charge >= 0.3 is 0 Å². The van der Waals surface area contributed by atoms with Crippen LogP contribution in [0.2, 0.25) is 0 Å². The molecule has 0 fully saturated rings. The maximum atomic E-state index is 4.41. The van der Waals surface area contributed by atoms with Crippen molar-refractivity contribution in [2.24, 2.45) is 0 Å². The molecule has 4 rings (SSSR count). The second-order valence-electron chi connectivity index (χ2n) is 4.82. The van der Waals surface area contributed by atoms with Gasteiger partial charge in [-0.05, 0) is 35.4 Å². The van der Waals surface area contributed by atoms with Crippen molar-refractivity contribution in [3.63, 3.8) is 0 Å². The van der Waals surface area contributed by atoms with Gasteiger partial charge in [0.05, 0.1) is 11.0 Å². The van der Waals surface area contributed by atoms with Crippen LogP contribution in [-0.2, 0) is 0 Å². The Hall–Kier alpha value is -2.74. The molecule has 0 aliphatic heterocycles. The summed E-state index contributed by atoms with van der Waals surface area (Å²) in [4.78, 5) is 8.83. The van der Waals surface area contributed by atoms with E-state index in [2.05, 4.69) is 58.5 Å². The number of hydrogen-bond donors (Lipinski definition) is 0. The molecule has 0 bridgehead atoms. The van der Waals surface area contributed by atoms with Crippen LogP contribution in [0.25, 0.3) is 32.9 Å². The molecule has 0 spiro atoms. The molecule has 0 aliphatic carbocycles. The molecule has 0 aliphatic rings. The fraction of sp³-hybridized carbons (Fsp3) is 0. The van der Waals surface area contributed by atoms with Crippen LogP contribution < -0.4 is 0 Å². The Kier molecular flexibility index (Phi) is 2.46. The first-order valence-electron chi connectivity index (χ1n) is 6.60. The summed E-state index contributed by atoms with van der Waals surface area (Å²) in [5.41, 5.74) is 4.38. The molecule has 20 heavy (non-hydrogen) atoms. The normalized spacial score (nSPS) is 11.0. The molecule has 0 saturated heterocycles. The zero-order valence-electron chi connectivity index (χ0n) is 10.8. The van der Waals surface area contributed by atoms with Crippen LogP contribution in [0.15, 0.2) is 73.1 Å². The highest BCUT2D eigenvalue weighted by Crippen LogP contribution is 2.25. The van der Waals surface area contributed by atoms with Crippen LogP contribution in [0.1, 0.15) is 0 Å². The highest BCUT2D eigenvalue weighted by atomic mass is 14.6. The third-order valence-corrected chi connectivity index (χ3v) is 3.55. The Morgan fingerprint density at radius 1 is 0.550 bits per heavy atom. The van der Waals surface area contributed by atoms with E-state index in [9.17, 15) is 0 Å². The summed E-state index contributed by atoms with van der Waals surface area (Å²) in [5.74, 6) is 0. The molecular formula is C18H12N2. The maximum Gasteiger partial charge on any atom is 0.0708 e. The first kappa shape index (κ1) is 11.1. The molecule has 2 heteroatoms. The standard InChI is InChI=1S/C18H12N2/c1-3-13-5-7-15(11-17(13)19-9-1)16-8-6-14-4-2-10-20-18(14)12-16/h1-12H. The van der Waals surface area contributed by atoms with Crippen LogP contribution in [0.3, 0.4) is 0 Å². The predicted molar refractivity (Wildman–Crippen MR) is 82.5 cm³/mol. The largest absolute Gasteiger partial charge is 0.256 e. The smallest absolute Gasteiger partial charge is 0.0708 e. The summed E-state index contributed by atoms with van der Waals surface area (Å²) in [5, 5.41) is 2.32. The van der Waals surface area contributed by atoms with E-state index in [1.165, 1.54) is 11.1 Å². The minimum absolute atomic E-state index is 1.02. The Morgan fingerprint density at radius 2 is 1.05 bits per heavy atom. The number of pyridine rings is 2. The summed E-state index contributed by atoms with van der Waals surface area (Å²) in [6, 6.07) is 20.8. The van der Waals surface area contributed by atoms with Gasteiger partial charge in [0.1, 0.15) is 0 Å². The second kappa shape index (κ2) is 4.42. The van der Waals surface area contributed by atoms with E-state index in [-0.39, 0.29) is 0 Å². The van der Waals surface area contributed by atoms with E-state index in [1.807, 2.05) is 24.5 Å². The summed E-state index contributed by atoms with van der Waals surface area (Å²) in [6.07, 6.45) is 3.65. The Bertz CT molecular complexity index is 836. The summed E-state index contributed by atoms with van der Waals surface area (Å²) in [6.45, 7) is 0. The number of rotatable bonds is 1. The molecule has 2 nitrogen and oxygen atoms in total. The number of fused-ring (bicyclic) bond motifs is 2. The highest BCUT2D eigenvalue weighted by Gasteiger charge is 2.02. The molecule has 0 N–H and O–H groups in total. The zero-order chi connectivity index (χ0) is 13.4. The van der Waals surface area contributed by atoms with Crippen molar-refractivity contribution in [2.45, 2.75) is 0 Å². The summed E-state index contributed by atoms with van der Waals surface area (Å²) in [7, 11) is 0. The minimum atomic E-state index is 1.02. The molecule has 4 aromatic rings. The number of hydrogen-bond acceptors (Lipinski definition) is 2. The second-order valence-corrected chi connectivity index (χ2v) is 4.82. The lowest BCUT2D eigenvalue weighted by atomic mass is 10.0. The Labute approximate surface area is 116 Å². The van der Waals surface area contributed by atoms with Crippen LogP contribution >= 0.6 is 0 Å². The van der Waals surface area contributed by atoms with Crippen LogP contribution in [0.5, 0.6) is 0 Å². The van der Waals surface area contributed by atoms with Crippen molar-refractivity contribution in [3.8, 4) is 11.1 Å². The third-order valence-electron chi connectivity index (χ3n) is 3.55. The van der Waals surface area contributed by atoms with Crippen molar-refractivity contribution in [3.05, 3.63) is 73.1 Å². The molecule has 0 atom stereocenters. The van der Waals surface area contributed by atoms with E-state index in [0.29, 0.717) is 0 Å². The topological polar surface area (TPSA) is 25.8 Å². The van der Waals surface area contributed by atoms with Crippen LogP contribution in [0, 0.1) is 0 Å². The molecular weight excluding hydrogens is 244 g/mol. The van der Waals surface area contributed by atoms with Crippen LogP contribution in [-0.4, -0.2) is 9.97 Å². The molecule has 2 heterocycles. The first-order valence-corrected chi connectivity index (χ1v) is 6.60. The van der Waals surface area contributed by atoms with Crippen molar-refractivity contribution in [1.29, 1.82) is 0 Å². The SMILES string of the molecule is c1cnc2cc(-c3ccc4cccnc4c3)ccc2c1. The monoisotopic (exact) mass is 256 g/mol. The van der Waals surface area contributed by atoms with Gasteiger partial charge in [-0.1, -0.05) is 36.4 Å². The molecule has 94 valence electrons.